The van der Waals surface area contributed by atoms with E-state index in [1.807, 2.05) is 16.7 Å². The molecule has 3 aromatic rings. The van der Waals surface area contributed by atoms with E-state index in [4.69, 9.17) is 21.1 Å². The van der Waals surface area contributed by atoms with Crippen LogP contribution < -0.4 is 19.4 Å². The van der Waals surface area contributed by atoms with E-state index in [-0.39, 0.29) is 55.7 Å². The number of rotatable bonds is 7. The molecule has 278 valence electrons. The monoisotopic (exact) mass is 726 g/mol. The fourth-order valence-electron chi connectivity index (χ4n) is 9.42. The topological polar surface area (TPSA) is 131 Å². The lowest BCUT2D eigenvalue weighted by Gasteiger charge is -2.46. The summed E-state index contributed by atoms with van der Waals surface area (Å²) in [5.74, 6) is 2.54. The number of β-amino-alcohol motifs (C(OH)–C–C–N with tert-alkyl or cyclic N) is 1. The maximum atomic E-state index is 15.1. The van der Waals surface area contributed by atoms with Crippen LogP contribution in [0.15, 0.2) is 43.5 Å². The Labute approximate surface area is 307 Å². The third-order valence-electron chi connectivity index (χ3n) is 11.7. The summed E-state index contributed by atoms with van der Waals surface area (Å²) in [6.45, 7) is 8.72. The first kappa shape index (κ1) is 35.2. The van der Waals surface area contributed by atoms with Crippen LogP contribution in [0.3, 0.4) is 0 Å². The summed E-state index contributed by atoms with van der Waals surface area (Å²) in [5, 5.41) is 22.3. The van der Waals surface area contributed by atoms with Crippen molar-refractivity contribution in [1.82, 2.24) is 24.8 Å². The summed E-state index contributed by atoms with van der Waals surface area (Å²) in [6.07, 6.45) is 12.8. The molecule has 7 atom stereocenters. The second-order valence-electron chi connectivity index (χ2n) is 15.7. The highest BCUT2D eigenvalue weighted by Crippen LogP contribution is 2.42. The molecule has 3 saturated heterocycles. The molecular weight excluding hydrogens is 682 g/mol. The van der Waals surface area contributed by atoms with Gasteiger partial charge in [0.15, 0.2) is 0 Å². The standard InChI is InChI=1S/C39H44F2N8O4/c1-5-28-30(41)10-7-23-13-39(4,52)20-47(35(23)28)25-8-9-29-31(11-25)44-37(53-21-38(3)14-24(40)17-48(38)27-15-42-22-43-16-27)45-36(29)46-18-26-12-33(50)32(19-46)49(26)34(51)6-2/h1,6-7,10,15-16,22,24-26,32-33,50,52H,2,8-9,11-14,17-21H2,3-4H3/t24-,25+,26-,32-,33?,38+,39-/m1/s1. The molecule has 6 heterocycles. The lowest BCUT2D eigenvalue weighted by Crippen LogP contribution is -2.57. The number of anilines is 3. The zero-order chi connectivity index (χ0) is 37.2. The Kier molecular flexibility index (Phi) is 8.77. The number of piperazine rings is 1. The maximum Gasteiger partial charge on any atom is 0.318 e. The zero-order valence-electron chi connectivity index (χ0n) is 30.0. The van der Waals surface area contributed by atoms with Gasteiger partial charge in [-0.05, 0) is 50.8 Å². The minimum atomic E-state index is -1.08. The van der Waals surface area contributed by atoms with Gasteiger partial charge in [-0.2, -0.15) is 9.97 Å². The van der Waals surface area contributed by atoms with Crippen LogP contribution in [-0.4, -0.2) is 115 Å². The first-order chi connectivity index (χ1) is 25.4. The van der Waals surface area contributed by atoms with E-state index in [1.54, 1.807) is 30.3 Å². The normalized spacial score (nSPS) is 30.5. The van der Waals surface area contributed by atoms with Gasteiger partial charge in [0, 0.05) is 50.5 Å². The van der Waals surface area contributed by atoms with Gasteiger partial charge in [-0.1, -0.05) is 18.6 Å². The number of aliphatic hydroxyl groups is 2. The van der Waals surface area contributed by atoms with Crippen molar-refractivity contribution in [2.45, 2.75) is 93.9 Å². The molecule has 1 aliphatic carbocycles. The van der Waals surface area contributed by atoms with Crippen LogP contribution in [0.2, 0.25) is 0 Å². The summed E-state index contributed by atoms with van der Waals surface area (Å²) in [4.78, 5) is 38.8. The molecular formula is C39H44F2N8O4. The van der Waals surface area contributed by atoms with Gasteiger partial charge in [0.05, 0.1) is 70.9 Å². The number of fused-ring (bicyclic) bond motifs is 4. The molecule has 2 aromatic heterocycles. The number of aliphatic hydroxyl groups excluding tert-OH is 1. The lowest BCUT2D eigenvalue weighted by atomic mass is 9.83. The second kappa shape index (κ2) is 13.2. The van der Waals surface area contributed by atoms with Crippen LogP contribution in [0.25, 0.3) is 0 Å². The first-order valence-electron chi connectivity index (χ1n) is 18.2. The predicted molar refractivity (Wildman–Crippen MR) is 194 cm³/mol. The van der Waals surface area contributed by atoms with Crippen molar-refractivity contribution in [3.8, 4) is 18.4 Å². The van der Waals surface area contributed by atoms with Crippen molar-refractivity contribution < 1.29 is 28.5 Å². The number of hydrogen-bond donors (Lipinski definition) is 2. The van der Waals surface area contributed by atoms with Gasteiger partial charge in [0.2, 0.25) is 5.91 Å². The summed E-state index contributed by atoms with van der Waals surface area (Å²) in [6, 6.07) is 2.35. The molecule has 0 radical (unpaired) electrons. The molecule has 2 bridgehead atoms. The molecule has 12 nitrogen and oxygen atoms in total. The van der Waals surface area contributed by atoms with Crippen LogP contribution in [0, 0.1) is 18.2 Å². The second-order valence-corrected chi connectivity index (χ2v) is 15.7. The van der Waals surface area contributed by atoms with Gasteiger partial charge in [-0.15, -0.1) is 6.42 Å². The van der Waals surface area contributed by atoms with Gasteiger partial charge < -0.3 is 34.5 Å². The summed E-state index contributed by atoms with van der Waals surface area (Å²) >= 11 is 0. The smallest absolute Gasteiger partial charge is 0.318 e. The van der Waals surface area contributed by atoms with E-state index in [0.29, 0.717) is 62.4 Å². The highest BCUT2D eigenvalue weighted by Gasteiger charge is 2.49. The Morgan fingerprint density at radius 1 is 1.19 bits per heavy atom. The summed E-state index contributed by atoms with van der Waals surface area (Å²) < 4.78 is 36.5. The molecule has 0 saturated carbocycles. The predicted octanol–water partition coefficient (Wildman–Crippen LogP) is 2.78. The Bertz CT molecular complexity index is 1980. The van der Waals surface area contributed by atoms with Crippen LogP contribution in [0.5, 0.6) is 6.01 Å². The summed E-state index contributed by atoms with van der Waals surface area (Å²) in [7, 11) is 0. The van der Waals surface area contributed by atoms with E-state index >= 15 is 8.78 Å². The zero-order valence-corrected chi connectivity index (χ0v) is 30.0. The number of ether oxygens (including phenoxy) is 1. The molecule has 5 aliphatic rings. The number of terminal acetylenes is 1. The van der Waals surface area contributed by atoms with Gasteiger partial charge in [-0.3, -0.25) is 4.79 Å². The number of halogens is 2. The number of carbonyl (C=O) groups excluding carboxylic acids is 1. The average Bonchev–Trinajstić information content (AvgIpc) is 3.56. The number of carbonyl (C=O) groups is 1. The van der Waals surface area contributed by atoms with Gasteiger partial charge in [0.1, 0.15) is 30.7 Å². The quantitative estimate of drug-likeness (QED) is 0.276. The Morgan fingerprint density at radius 2 is 1.98 bits per heavy atom. The van der Waals surface area contributed by atoms with Crippen LogP contribution in [-0.2, 0) is 24.1 Å². The molecule has 1 aromatic carbocycles. The number of benzene rings is 1. The summed E-state index contributed by atoms with van der Waals surface area (Å²) in [5.41, 5.74) is 2.17. The fraction of sp³-hybridized carbons (Fsp3) is 0.513. The highest BCUT2D eigenvalue weighted by molar-refractivity contribution is 5.88. The maximum absolute atomic E-state index is 15.1. The molecule has 3 fully saturated rings. The highest BCUT2D eigenvalue weighted by atomic mass is 19.1. The molecule has 1 amide bonds. The molecule has 2 N–H and O–H groups in total. The minimum Gasteiger partial charge on any atom is -0.461 e. The van der Waals surface area contributed by atoms with Crippen molar-refractivity contribution in [3.05, 3.63) is 71.7 Å². The fourth-order valence-corrected chi connectivity index (χ4v) is 9.42. The van der Waals surface area contributed by atoms with E-state index in [9.17, 15) is 15.0 Å². The van der Waals surface area contributed by atoms with Gasteiger partial charge in [-0.25, -0.2) is 18.7 Å². The van der Waals surface area contributed by atoms with E-state index < -0.39 is 35.3 Å². The molecule has 8 rings (SSSR count). The molecule has 53 heavy (non-hydrogen) atoms. The SMILES string of the molecule is C#Cc1c(F)ccc2c1N([C@H]1CCc3c(nc(OC[C@]4(C)C[C@@H](F)CN4c4cncnc4)nc3N3C[C@H]4CC(O)[C@@H](C3)N4C(=O)C=C)C1)C[C@](C)(O)C2. The Hall–Kier alpha value is -4.87. The van der Waals surface area contributed by atoms with Crippen molar-refractivity contribution >= 4 is 23.1 Å². The Balaban J connectivity index is 1.15. The average molecular weight is 727 g/mol. The number of amides is 1. The van der Waals surface area contributed by atoms with Gasteiger partial charge >= 0.3 is 6.01 Å². The first-order valence-corrected chi connectivity index (χ1v) is 18.2. The van der Waals surface area contributed by atoms with Crippen molar-refractivity contribution in [1.29, 1.82) is 0 Å². The van der Waals surface area contributed by atoms with E-state index in [1.165, 1.54) is 18.5 Å². The molecule has 14 heteroatoms. The number of alkyl halides is 1. The van der Waals surface area contributed by atoms with E-state index in [2.05, 4.69) is 27.4 Å². The van der Waals surface area contributed by atoms with Crippen LogP contribution in [0.4, 0.5) is 26.0 Å². The number of aromatic nitrogens is 4. The van der Waals surface area contributed by atoms with Gasteiger partial charge in [0.25, 0.3) is 0 Å². The minimum absolute atomic E-state index is 0.0860. The van der Waals surface area contributed by atoms with Crippen molar-refractivity contribution in [2.75, 3.05) is 47.5 Å². The van der Waals surface area contributed by atoms with Crippen LogP contribution in [0.1, 0.15) is 55.5 Å². The molecule has 4 aliphatic heterocycles. The third-order valence-corrected chi connectivity index (χ3v) is 11.7. The van der Waals surface area contributed by atoms with Crippen molar-refractivity contribution in [3.63, 3.8) is 0 Å². The molecule has 0 spiro atoms. The van der Waals surface area contributed by atoms with Crippen molar-refractivity contribution in [2.24, 2.45) is 0 Å². The lowest BCUT2D eigenvalue weighted by molar-refractivity contribution is -0.130. The van der Waals surface area contributed by atoms with Crippen LogP contribution >= 0.6 is 0 Å². The largest absolute Gasteiger partial charge is 0.461 e. The Morgan fingerprint density at radius 3 is 2.72 bits per heavy atom. The third kappa shape index (κ3) is 6.23. The molecule has 1 unspecified atom stereocenters. The van der Waals surface area contributed by atoms with E-state index in [0.717, 1.165) is 16.8 Å². The number of nitrogens with zero attached hydrogens (tertiary/aromatic N) is 8. The number of hydrogen-bond acceptors (Lipinski definition) is 11.